The van der Waals surface area contributed by atoms with Gasteiger partial charge in [-0.3, -0.25) is 0 Å². The number of ether oxygens (including phenoxy) is 1. The summed E-state index contributed by atoms with van der Waals surface area (Å²) in [6.07, 6.45) is 1.81. The van der Waals surface area contributed by atoms with Crippen LogP contribution in [0.4, 0.5) is 0 Å². The van der Waals surface area contributed by atoms with Crippen molar-refractivity contribution in [1.29, 1.82) is 0 Å². The number of hydrogen-bond donors (Lipinski definition) is 1. The van der Waals surface area contributed by atoms with Gasteiger partial charge in [0.25, 0.3) is 0 Å². The summed E-state index contributed by atoms with van der Waals surface area (Å²) in [6.45, 7) is 2.27. The van der Waals surface area contributed by atoms with Gasteiger partial charge in [0.15, 0.2) is 0 Å². The van der Waals surface area contributed by atoms with E-state index in [1.807, 2.05) is 0 Å². The van der Waals surface area contributed by atoms with Crippen LogP contribution in [0.25, 0.3) is 11.5 Å². The molecule has 0 spiro atoms. The molecule has 1 aliphatic rings. The summed E-state index contributed by atoms with van der Waals surface area (Å²) in [7, 11) is 0. The number of hydrogen-bond acceptors (Lipinski definition) is 5. The Labute approximate surface area is 122 Å². The van der Waals surface area contributed by atoms with Crippen molar-refractivity contribution in [2.75, 3.05) is 26.3 Å². The molecular weight excluding hydrogens is 451 g/mol. The van der Waals surface area contributed by atoms with Gasteiger partial charge in [0.05, 0.1) is 0 Å². The largest absolute Gasteiger partial charge is 2.00 e. The molecule has 18 heavy (non-hydrogen) atoms. The molecule has 1 rings (SSSR count). The molecule has 1 saturated heterocycles. The van der Waals surface area contributed by atoms with E-state index in [1.165, 1.54) is 0 Å². The number of nitrogens with one attached hydrogen (secondary N) is 2. The normalized spacial score (nSPS) is 17.8. The molecule has 1 fully saturated rings. The van der Waals surface area contributed by atoms with Gasteiger partial charge in [0.2, 0.25) is 0 Å². The standard InChI is InChI=1S/C7H14N2O.H2O4S.2H2O.Pt/c8-5-7(6-9)1-3-10-4-2-7;1-4-5(2)3;;;/h8-9H,1-6H2;1H,(H,2,3);2*1H2;/q-2;;;;+2/p-1. The molecule has 1 heterocycles. The Morgan fingerprint density at radius 3 is 1.78 bits per heavy atom. The van der Waals surface area contributed by atoms with Gasteiger partial charge >= 0.3 is 21.1 Å². The van der Waals surface area contributed by atoms with Crippen molar-refractivity contribution in [2.45, 2.75) is 12.8 Å². The van der Waals surface area contributed by atoms with Crippen LogP contribution in [-0.2, 0) is 41.5 Å². The monoisotopic (exact) mass is 470 g/mol. The zero-order valence-corrected chi connectivity index (χ0v) is 12.6. The minimum Gasteiger partial charge on any atom is -0.748 e. The zero-order valence-electron chi connectivity index (χ0n) is 9.55. The molecule has 0 saturated carbocycles. The first kappa shape index (κ1) is 27.0. The maximum absolute atomic E-state index is 8.90. The van der Waals surface area contributed by atoms with Crippen molar-refractivity contribution in [2.24, 2.45) is 5.41 Å². The molecule has 0 radical (unpaired) electrons. The van der Waals surface area contributed by atoms with Crippen LogP contribution in [-0.4, -0.2) is 51.3 Å². The molecule has 0 aromatic rings. The average Bonchev–Trinajstić information content (AvgIpc) is 2.30. The van der Waals surface area contributed by atoms with E-state index < -0.39 is 11.4 Å². The van der Waals surface area contributed by atoms with E-state index in [0.717, 1.165) is 26.1 Å². The summed E-state index contributed by atoms with van der Waals surface area (Å²) in [6, 6.07) is 0. The average molecular weight is 470 g/mol. The van der Waals surface area contributed by atoms with Gasteiger partial charge in [-0.2, -0.15) is 0 Å². The van der Waals surface area contributed by atoms with Gasteiger partial charge in [-0.05, 0) is 12.8 Å². The SMILES string of the molecule is O.O.O=S([O-])OO.[NH-]CC1(C[NH-])CCOCC1.[Pt+2]. The van der Waals surface area contributed by atoms with Crippen molar-refractivity contribution in [1.82, 2.24) is 0 Å². The fourth-order valence-corrected chi connectivity index (χ4v) is 1.22. The Hall–Kier alpha value is 0.518. The van der Waals surface area contributed by atoms with Gasteiger partial charge in [-0.15, -0.1) is 17.4 Å². The first-order valence-electron chi connectivity index (χ1n) is 4.38. The fraction of sp³-hybridized carbons (Fsp3) is 1.00. The van der Waals surface area contributed by atoms with Crippen LogP contribution in [0.15, 0.2) is 0 Å². The van der Waals surface area contributed by atoms with E-state index in [0.29, 0.717) is 13.1 Å². The number of rotatable bonds is 3. The second-order valence-corrected chi connectivity index (χ2v) is 3.80. The van der Waals surface area contributed by atoms with Crippen molar-refractivity contribution >= 4 is 11.4 Å². The quantitative estimate of drug-likeness (QED) is 0.330. The Bertz CT molecular complexity index is 189. The molecule has 9 nitrogen and oxygen atoms in total. The molecule has 1 aliphatic heterocycles. The van der Waals surface area contributed by atoms with Gasteiger partial charge in [-0.25, -0.2) is 9.47 Å². The molecule has 1 unspecified atom stereocenters. The Morgan fingerprint density at radius 1 is 1.28 bits per heavy atom. The third kappa shape index (κ3) is 11.6. The van der Waals surface area contributed by atoms with Crippen LogP contribution >= 0.6 is 0 Å². The molecule has 0 aromatic heterocycles. The van der Waals surface area contributed by atoms with E-state index in [1.54, 1.807) is 0 Å². The Morgan fingerprint density at radius 2 is 1.61 bits per heavy atom. The first-order chi connectivity index (χ1) is 7.10. The summed E-state index contributed by atoms with van der Waals surface area (Å²) in [5, 5.41) is 7.03. The first-order valence-corrected chi connectivity index (χ1v) is 5.38. The molecule has 7 N–H and O–H groups in total. The zero-order chi connectivity index (χ0) is 11.7. The second kappa shape index (κ2) is 15.6. The predicted molar refractivity (Wildman–Crippen MR) is 60.7 cm³/mol. The minimum atomic E-state index is -2.77. The molecule has 11 heteroatoms. The topological polar surface area (TPSA) is 189 Å². The van der Waals surface area contributed by atoms with Crippen LogP contribution in [0.1, 0.15) is 12.8 Å². The Balaban J connectivity index is -0.000000109. The van der Waals surface area contributed by atoms with Crippen LogP contribution in [0.2, 0.25) is 0 Å². The minimum absolute atomic E-state index is 0. The molecular formula is C7H19N2O7PtS-. The summed E-state index contributed by atoms with van der Waals surface area (Å²) in [4.78, 5) is 0. The van der Waals surface area contributed by atoms with Gasteiger partial charge < -0.3 is 31.7 Å². The summed E-state index contributed by atoms with van der Waals surface area (Å²) in [5.74, 6) is 0. The molecule has 0 aromatic carbocycles. The van der Waals surface area contributed by atoms with Crippen LogP contribution < -0.4 is 0 Å². The van der Waals surface area contributed by atoms with E-state index in [2.05, 4.69) is 4.33 Å². The molecule has 116 valence electrons. The third-order valence-electron chi connectivity index (χ3n) is 2.36. The maximum Gasteiger partial charge on any atom is 2.00 e. The smallest absolute Gasteiger partial charge is 0.748 e. The summed E-state index contributed by atoms with van der Waals surface area (Å²) in [5.41, 5.74) is 14.5. The second-order valence-electron chi connectivity index (χ2n) is 3.24. The molecule has 0 bridgehead atoms. The van der Waals surface area contributed by atoms with Gasteiger partial charge in [0, 0.05) is 13.2 Å². The van der Waals surface area contributed by atoms with Gasteiger partial charge in [0.1, 0.15) is 11.4 Å². The van der Waals surface area contributed by atoms with Crippen molar-refractivity contribution < 1.29 is 55.1 Å². The van der Waals surface area contributed by atoms with E-state index in [4.69, 9.17) is 30.2 Å². The maximum atomic E-state index is 8.90. The fourth-order valence-electron chi connectivity index (χ4n) is 1.22. The van der Waals surface area contributed by atoms with E-state index >= 15 is 0 Å². The van der Waals surface area contributed by atoms with Crippen molar-refractivity contribution in [3.8, 4) is 0 Å². The van der Waals surface area contributed by atoms with Crippen LogP contribution in [0.3, 0.4) is 0 Å². The van der Waals surface area contributed by atoms with Crippen molar-refractivity contribution in [3.63, 3.8) is 0 Å². The van der Waals surface area contributed by atoms with E-state index in [9.17, 15) is 0 Å². The summed E-state index contributed by atoms with van der Waals surface area (Å²) >= 11 is -2.77. The van der Waals surface area contributed by atoms with Crippen LogP contribution in [0, 0.1) is 5.41 Å². The van der Waals surface area contributed by atoms with Crippen LogP contribution in [0.5, 0.6) is 0 Å². The van der Waals surface area contributed by atoms with Gasteiger partial charge in [-0.1, -0.05) is 5.41 Å². The summed E-state index contributed by atoms with van der Waals surface area (Å²) < 4.78 is 25.6. The van der Waals surface area contributed by atoms with Crippen molar-refractivity contribution in [3.05, 3.63) is 11.5 Å². The van der Waals surface area contributed by atoms with E-state index in [-0.39, 0.29) is 37.4 Å². The predicted octanol–water partition coefficient (Wildman–Crippen LogP) is -0.494. The molecule has 0 aliphatic carbocycles. The third-order valence-corrected chi connectivity index (χ3v) is 2.49. The molecule has 0 amide bonds. The Kier molecular flexibility index (Phi) is 23.3. The molecule has 1 atom stereocenters.